The summed E-state index contributed by atoms with van der Waals surface area (Å²) in [5.74, 6) is 3.27. The molecule has 0 nitrogen and oxygen atoms in total. The lowest BCUT2D eigenvalue weighted by Crippen LogP contribution is -2.08. The molecule has 0 amide bonds. The van der Waals surface area contributed by atoms with Crippen molar-refractivity contribution >= 4 is 0 Å². The molecule has 0 heteroatoms. The fourth-order valence-corrected chi connectivity index (χ4v) is 3.03. The molecule has 2 atom stereocenters. The standard InChI is InChI=1S/C15H17/c1-10-4-3-5-14(11(10)2)15-9-12-6-7-13(15)8-12/h3-7,12-13H,8-9H2,1-2H3. The zero-order valence-corrected chi connectivity index (χ0v) is 9.46. The number of allylic oxidation sites excluding steroid dienone is 2. The Morgan fingerprint density at radius 3 is 2.67 bits per heavy atom. The van der Waals surface area contributed by atoms with Gasteiger partial charge in [0.05, 0.1) is 0 Å². The second kappa shape index (κ2) is 3.23. The first-order valence-corrected chi connectivity index (χ1v) is 5.86. The van der Waals surface area contributed by atoms with E-state index in [9.17, 15) is 0 Å². The molecule has 1 radical (unpaired) electrons. The van der Waals surface area contributed by atoms with E-state index < -0.39 is 0 Å². The van der Waals surface area contributed by atoms with Crippen molar-refractivity contribution in [3.8, 4) is 0 Å². The van der Waals surface area contributed by atoms with Crippen molar-refractivity contribution in [2.45, 2.75) is 26.7 Å². The minimum absolute atomic E-state index is 0.746. The van der Waals surface area contributed by atoms with Crippen LogP contribution in [0.1, 0.15) is 29.5 Å². The van der Waals surface area contributed by atoms with Gasteiger partial charge in [-0.3, -0.25) is 0 Å². The van der Waals surface area contributed by atoms with Gasteiger partial charge in [0.1, 0.15) is 0 Å². The van der Waals surface area contributed by atoms with Gasteiger partial charge in [0.15, 0.2) is 0 Å². The highest BCUT2D eigenvalue weighted by atomic mass is 14.4. The van der Waals surface area contributed by atoms with E-state index in [1.807, 2.05) is 0 Å². The van der Waals surface area contributed by atoms with E-state index in [1.165, 1.54) is 29.5 Å². The third-order valence-corrected chi connectivity index (χ3v) is 4.05. The Hall–Kier alpha value is -1.04. The minimum Gasteiger partial charge on any atom is -0.0851 e. The first-order valence-electron chi connectivity index (χ1n) is 5.86. The van der Waals surface area contributed by atoms with Crippen molar-refractivity contribution in [2.24, 2.45) is 11.8 Å². The molecule has 2 aliphatic carbocycles. The zero-order valence-electron chi connectivity index (χ0n) is 9.46. The van der Waals surface area contributed by atoms with Crippen LogP contribution in [0.5, 0.6) is 0 Å². The van der Waals surface area contributed by atoms with Crippen molar-refractivity contribution in [2.75, 3.05) is 0 Å². The number of rotatable bonds is 1. The molecule has 1 aromatic carbocycles. The topological polar surface area (TPSA) is 0 Å². The van der Waals surface area contributed by atoms with Gasteiger partial charge in [-0.15, -0.1) is 0 Å². The van der Waals surface area contributed by atoms with Crippen LogP contribution in [0.25, 0.3) is 0 Å². The van der Waals surface area contributed by atoms with Gasteiger partial charge in [-0.1, -0.05) is 30.4 Å². The smallest absolute Gasteiger partial charge is 0.0127 e. The number of hydrogen-bond donors (Lipinski definition) is 0. The van der Waals surface area contributed by atoms with Crippen LogP contribution in [0.15, 0.2) is 30.4 Å². The van der Waals surface area contributed by atoms with Gasteiger partial charge in [-0.25, -0.2) is 0 Å². The van der Waals surface area contributed by atoms with Crippen LogP contribution >= 0.6 is 0 Å². The third kappa shape index (κ3) is 1.35. The molecule has 15 heavy (non-hydrogen) atoms. The summed E-state index contributed by atoms with van der Waals surface area (Å²) in [7, 11) is 0. The van der Waals surface area contributed by atoms with E-state index in [0.29, 0.717) is 0 Å². The molecule has 3 rings (SSSR count). The van der Waals surface area contributed by atoms with Crippen molar-refractivity contribution in [3.63, 3.8) is 0 Å². The molecule has 0 aliphatic heterocycles. The molecule has 0 N–H and O–H groups in total. The summed E-state index contributed by atoms with van der Waals surface area (Å²) in [6, 6.07) is 6.70. The van der Waals surface area contributed by atoms with Crippen LogP contribution in [-0.4, -0.2) is 0 Å². The van der Waals surface area contributed by atoms with Crippen LogP contribution in [0.3, 0.4) is 0 Å². The average Bonchev–Trinajstić information content (AvgIpc) is 2.83. The number of aryl methyl sites for hydroxylation is 1. The fourth-order valence-electron chi connectivity index (χ4n) is 3.03. The predicted octanol–water partition coefficient (Wildman–Crippen LogP) is 3.82. The Bertz CT molecular complexity index is 414. The van der Waals surface area contributed by atoms with Crippen molar-refractivity contribution < 1.29 is 0 Å². The molecule has 0 heterocycles. The van der Waals surface area contributed by atoms with Crippen LogP contribution in [0.2, 0.25) is 0 Å². The lowest BCUT2D eigenvalue weighted by Gasteiger charge is -2.20. The van der Waals surface area contributed by atoms with E-state index in [2.05, 4.69) is 44.2 Å². The van der Waals surface area contributed by atoms with E-state index in [-0.39, 0.29) is 0 Å². The summed E-state index contributed by atoms with van der Waals surface area (Å²) in [6.07, 6.45) is 7.47. The van der Waals surface area contributed by atoms with Crippen molar-refractivity contribution in [1.82, 2.24) is 0 Å². The lowest BCUT2D eigenvalue weighted by molar-refractivity contribution is 0.693. The predicted molar refractivity (Wildman–Crippen MR) is 63.6 cm³/mol. The average molecular weight is 197 g/mol. The molecule has 1 fully saturated rings. The second-order valence-corrected chi connectivity index (χ2v) is 4.96. The second-order valence-electron chi connectivity index (χ2n) is 4.96. The summed E-state index contributed by atoms with van der Waals surface area (Å²) in [5.41, 5.74) is 4.42. The maximum absolute atomic E-state index is 2.41. The van der Waals surface area contributed by atoms with Crippen molar-refractivity contribution in [3.05, 3.63) is 53.0 Å². The monoisotopic (exact) mass is 197 g/mol. The maximum Gasteiger partial charge on any atom is 0.0127 e. The van der Waals surface area contributed by atoms with E-state index in [4.69, 9.17) is 0 Å². The highest BCUT2D eigenvalue weighted by Gasteiger charge is 2.37. The maximum atomic E-state index is 2.41. The first kappa shape index (κ1) is 9.21. The van der Waals surface area contributed by atoms with Gasteiger partial charge < -0.3 is 0 Å². The first-order chi connectivity index (χ1) is 7.25. The van der Waals surface area contributed by atoms with Gasteiger partial charge >= 0.3 is 0 Å². The molecule has 2 unspecified atom stereocenters. The third-order valence-electron chi connectivity index (χ3n) is 4.05. The summed E-state index contributed by atoms with van der Waals surface area (Å²) in [4.78, 5) is 0. The van der Waals surface area contributed by atoms with Crippen LogP contribution in [-0.2, 0) is 0 Å². The molecule has 0 spiro atoms. The van der Waals surface area contributed by atoms with Crippen LogP contribution in [0.4, 0.5) is 0 Å². The molecule has 1 aromatic rings. The Labute approximate surface area is 92.0 Å². The lowest BCUT2D eigenvalue weighted by atomic mass is 9.83. The summed E-state index contributed by atoms with van der Waals surface area (Å²) in [6.45, 7) is 4.47. The molecule has 0 saturated heterocycles. The zero-order chi connectivity index (χ0) is 10.4. The number of hydrogen-bond acceptors (Lipinski definition) is 0. The molecule has 1 saturated carbocycles. The van der Waals surface area contributed by atoms with Gasteiger partial charge in [0, 0.05) is 5.92 Å². The Balaban J connectivity index is 2.00. The molecular formula is C15H17. The summed E-state index contributed by atoms with van der Waals surface area (Å²) < 4.78 is 0. The fraction of sp³-hybridized carbons (Fsp3) is 0.400. The van der Waals surface area contributed by atoms with Crippen LogP contribution in [0, 0.1) is 31.6 Å². The van der Waals surface area contributed by atoms with Crippen molar-refractivity contribution in [1.29, 1.82) is 0 Å². The highest BCUT2D eigenvalue weighted by molar-refractivity contribution is 5.46. The minimum atomic E-state index is 0.746. The van der Waals surface area contributed by atoms with Gasteiger partial charge in [0.2, 0.25) is 0 Å². The molecular weight excluding hydrogens is 180 g/mol. The Morgan fingerprint density at radius 2 is 2.00 bits per heavy atom. The number of fused-ring (bicyclic) bond motifs is 2. The van der Waals surface area contributed by atoms with Gasteiger partial charge in [-0.2, -0.15) is 0 Å². The summed E-state index contributed by atoms with van der Waals surface area (Å²) >= 11 is 0. The molecule has 2 bridgehead atoms. The SMILES string of the molecule is Cc1cccc([C]2CC3C=CC2C3)c1C. The van der Waals surface area contributed by atoms with E-state index in [1.54, 1.807) is 5.92 Å². The van der Waals surface area contributed by atoms with Gasteiger partial charge in [-0.05, 0) is 55.2 Å². The Morgan fingerprint density at radius 1 is 1.13 bits per heavy atom. The molecule has 77 valence electrons. The Kier molecular flexibility index (Phi) is 1.98. The quantitative estimate of drug-likeness (QED) is 0.600. The van der Waals surface area contributed by atoms with E-state index in [0.717, 1.165) is 11.8 Å². The van der Waals surface area contributed by atoms with Gasteiger partial charge in [0.25, 0.3) is 0 Å². The summed E-state index contributed by atoms with van der Waals surface area (Å²) in [5, 5.41) is 0. The normalized spacial score (nSPS) is 28.9. The largest absolute Gasteiger partial charge is 0.0851 e. The van der Waals surface area contributed by atoms with Crippen LogP contribution < -0.4 is 0 Å². The number of benzene rings is 1. The molecule has 0 aromatic heterocycles. The van der Waals surface area contributed by atoms with E-state index >= 15 is 0 Å². The molecule has 2 aliphatic rings. The highest BCUT2D eigenvalue weighted by Crippen LogP contribution is 2.48.